The van der Waals surface area contributed by atoms with Gasteiger partial charge in [-0.1, -0.05) is 19.9 Å². The Balaban J connectivity index is 1.76. The second kappa shape index (κ2) is 8.52. The van der Waals surface area contributed by atoms with Gasteiger partial charge in [-0.2, -0.15) is 5.10 Å². The second-order valence-electron chi connectivity index (χ2n) is 6.81. The van der Waals surface area contributed by atoms with Crippen molar-refractivity contribution in [2.75, 3.05) is 33.3 Å². The molecule has 1 aromatic carbocycles. The quantitative estimate of drug-likeness (QED) is 0.747. The summed E-state index contributed by atoms with van der Waals surface area (Å²) in [6.07, 6.45) is 1.98. The van der Waals surface area contributed by atoms with E-state index in [1.54, 1.807) is 12.3 Å². The van der Waals surface area contributed by atoms with Crippen LogP contribution in [-0.2, 0) is 17.8 Å². The summed E-state index contributed by atoms with van der Waals surface area (Å²) in [6, 6.07) is 6.39. The van der Waals surface area contributed by atoms with Gasteiger partial charge in [0, 0.05) is 30.9 Å². The molecule has 27 heavy (non-hydrogen) atoms. The van der Waals surface area contributed by atoms with E-state index in [1.807, 2.05) is 15.6 Å². The Morgan fingerprint density at radius 3 is 2.81 bits per heavy atom. The van der Waals surface area contributed by atoms with Gasteiger partial charge in [-0.3, -0.25) is 9.48 Å². The Morgan fingerprint density at radius 2 is 2.11 bits per heavy atom. The molecule has 1 aliphatic heterocycles. The van der Waals surface area contributed by atoms with Gasteiger partial charge in [-0.25, -0.2) is 4.39 Å². The maximum atomic E-state index is 13.4. The average molecular weight is 374 g/mol. The molecule has 0 aliphatic carbocycles. The molecule has 0 N–H and O–H groups in total. The largest absolute Gasteiger partial charge is 0.496 e. The standard InChI is InChI=1S/C20H27FN4O2/c1-4-23(5-2)12-18-14-24(13-17-8-9-22-25(17)18)20(26)10-15-6-7-16(21)11-19(15)27-3/h6-9,11,18H,4-5,10,12-14H2,1-3H3/t18-/m1/s1. The molecule has 1 aliphatic rings. The number of likely N-dealkylation sites (N-methyl/N-ethyl adjacent to an activating group) is 1. The van der Waals surface area contributed by atoms with Crippen LogP contribution in [-0.4, -0.2) is 58.8 Å². The fourth-order valence-electron chi connectivity index (χ4n) is 3.63. The van der Waals surface area contributed by atoms with Crippen LogP contribution >= 0.6 is 0 Å². The summed E-state index contributed by atoms with van der Waals surface area (Å²) in [7, 11) is 1.49. The SMILES string of the molecule is CCN(CC)C[C@@H]1CN(C(=O)Cc2ccc(F)cc2OC)Cc2ccnn21. The van der Waals surface area contributed by atoms with Gasteiger partial charge in [-0.05, 0) is 25.2 Å². The molecular weight excluding hydrogens is 347 g/mol. The van der Waals surface area contributed by atoms with Crippen molar-refractivity contribution in [2.24, 2.45) is 0 Å². The van der Waals surface area contributed by atoms with Crippen LogP contribution in [0.25, 0.3) is 0 Å². The van der Waals surface area contributed by atoms with Gasteiger partial charge >= 0.3 is 0 Å². The zero-order valence-electron chi connectivity index (χ0n) is 16.2. The molecular formula is C20H27FN4O2. The highest BCUT2D eigenvalue weighted by molar-refractivity contribution is 5.79. The van der Waals surface area contributed by atoms with Gasteiger partial charge in [0.05, 0.1) is 31.8 Å². The smallest absolute Gasteiger partial charge is 0.227 e. The summed E-state index contributed by atoms with van der Waals surface area (Å²) in [5, 5.41) is 4.47. The highest BCUT2D eigenvalue weighted by atomic mass is 19.1. The highest BCUT2D eigenvalue weighted by Gasteiger charge is 2.29. The van der Waals surface area contributed by atoms with Crippen molar-refractivity contribution < 1.29 is 13.9 Å². The van der Waals surface area contributed by atoms with E-state index in [2.05, 4.69) is 23.8 Å². The first-order chi connectivity index (χ1) is 13.0. The number of hydrogen-bond donors (Lipinski definition) is 0. The minimum atomic E-state index is -0.371. The van der Waals surface area contributed by atoms with Gasteiger partial charge in [0.2, 0.25) is 5.91 Å². The Kier molecular flexibility index (Phi) is 6.11. The summed E-state index contributed by atoms with van der Waals surface area (Å²) >= 11 is 0. The van der Waals surface area contributed by atoms with Crippen molar-refractivity contribution in [3.63, 3.8) is 0 Å². The number of rotatable bonds is 7. The fourth-order valence-corrected chi connectivity index (χ4v) is 3.63. The van der Waals surface area contributed by atoms with Crippen molar-refractivity contribution in [3.05, 3.63) is 47.5 Å². The number of amides is 1. The minimum Gasteiger partial charge on any atom is -0.496 e. The van der Waals surface area contributed by atoms with E-state index in [-0.39, 0.29) is 24.2 Å². The number of ether oxygens (including phenoxy) is 1. The molecule has 0 saturated carbocycles. The number of methoxy groups -OCH3 is 1. The molecule has 0 saturated heterocycles. The number of nitrogens with zero attached hydrogens (tertiary/aromatic N) is 4. The van der Waals surface area contributed by atoms with Crippen LogP contribution in [0, 0.1) is 5.82 Å². The summed E-state index contributed by atoms with van der Waals surface area (Å²) in [5.74, 6) is 0.0474. The molecule has 146 valence electrons. The van der Waals surface area contributed by atoms with Crippen LogP contribution in [0.4, 0.5) is 4.39 Å². The van der Waals surface area contributed by atoms with E-state index in [9.17, 15) is 9.18 Å². The van der Waals surface area contributed by atoms with Crippen molar-refractivity contribution >= 4 is 5.91 Å². The number of halogens is 1. The van der Waals surface area contributed by atoms with E-state index >= 15 is 0 Å². The van der Waals surface area contributed by atoms with Crippen LogP contribution in [0.5, 0.6) is 5.75 Å². The molecule has 1 atom stereocenters. The first-order valence-corrected chi connectivity index (χ1v) is 9.40. The molecule has 3 rings (SSSR count). The zero-order valence-corrected chi connectivity index (χ0v) is 16.2. The van der Waals surface area contributed by atoms with Crippen LogP contribution < -0.4 is 4.74 Å². The van der Waals surface area contributed by atoms with Gasteiger partial charge in [0.1, 0.15) is 11.6 Å². The number of carbonyl (C=O) groups is 1. The molecule has 0 spiro atoms. The molecule has 0 fully saturated rings. The lowest BCUT2D eigenvalue weighted by molar-refractivity contribution is -0.132. The van der Waals surface area contributed by atoms with E-state index in [4.69, 9.17) is 4.74 Å². The Hall–Kier alpha value is -2.41. The van der Waals surface area contributed by atoms with Crippen LogP contribution in [0.2, 0.25) is 0 Å². The third-order valence-electron chi connectivity index (χ3n) is 5.19. The van der Waals surface area contributed by atoms with Gasteiger partial charge in [-0.15, -0.1) is 0 Å². The topological polar surface area (TPSA) is 50.6 Å². The zero-order chi connectivity index (χ0) is 19.4. The number of carbonyl (C=O) groups excluding carboxylic acids is 1. The molecule has 6 nitrogen and oxygen atoms in total. The predicted octanol–water partition coefficient (Wildman–Crippen LogP) is 2.50. The van der Waals surface area contributed by atoms with E-state index in [0.29, 0.717) is 24.4 Å². The summed E-state index contributed by atoms with van der Waals surface area (Å²) in [4.78, 5) is 17.2. The summed E-state index contributed by atoms with van der Waals surface area (Å²) < 4.78 is 20.7. The molecule has 1 aromatic heterocycles. The third kappa shape index (κ3) is 4.30. The predicted molar refractivity (Wildman–Crippen MR) is 101 cm³/mol. The summed E-state index contributed by atoms with van der Waals surface area (Å²) in [5.41, 5.74) is 1.74. The summed E-state index contributed by atoms with van der Waals surface area (Å²) in [6.45, 7) is 8.21. The second-order valence-corrected chi connectivity index (χ2v) is 6.81. The van der Waals surface area contributed by atoms with Crippen molar-refractivity contribution in [2.45, 2.75) is 32.9 Å². The monoisotopic (exact) mass is 374 g/mol. The molecule has 0 bridgehead atoms. The fraction of sp³-hybridized carbons (Fsp3) is 0.500. The van der Waals surface area contributed by atoms with E-state index in [0.717, 1.165) is 25.3 Å². The highest BCUT2D eigenvalue weighted by Crippen LogP contribution is 2.24. The Morgan fingerprint density at radius 1 is 1.33 bits per heavy atom. The lowest BCUT2D eigenvalue weighted by atomic mass is 10.1. The molecule has 0 radical (unpaired) electrons. The first-order valence-electron chi connectivity index (χ1n) is 9.40. The average Bonchev–Trinajstić information content (AvgIpc) is 3.16. The third-order valence-corrected chi connectivity index (χ3v) is 5.19. The molecule has 1 amide bonds. The normalized spacial score (nSPS) is 16.5. The van der Waals surface area contributed by atoms with Crippen molar-refractivity contribution in [1.29, 1.82) is 0 Å². The molecule has 0 unspecified atom stereocenters. The molecule has 2 aromatic rings. The van der Waals surface area contributed by atoms with Crippen LogP contribution in [0.3, 0.4) is 0 Å². The maximum absolute atomic E-state index is 13.4. The van der Waals surface area contributed by atoms with Crippen LogP contribution in [0.1, 0.15) is 31.1 Å². The van der Waals surface area contributed by atoms with Gasteiger partial charge < -0.3 is 14.5 Å². The van der Waals surface area contributed by atoms with E-state index < -0.39 is 0 Å². The van der Waals surface area contributed by atoms with Gasteiger partial charge in [0.25, 0.3) is 0 Å². The Labute approximate surface area is 159 Å². The Bertz CT molecular complexity index is 788. The lowest BCUT2D eigenvalue weighted by Crippen LogP contribution is -2.45. The number of benzene rings is 1. The van der Waals surface area contributed by atoms with Gasteiger partial charge in [0.15, 0.2) is 0 Å². The molecule has 7 heteroatoms. The number of hydrogen-bond acceptors (Lipinski definition) is 4. The van der Waals surface area contributed by atoms with E-state index in [1.165, 1.54) is 19.2 Å². The van der Waals surface area contributed by atoms with Crippen molar-refractivity contribution in [1.82, 2.24) is 19.6 Å². The number of aromatic nitrogens is 2. The molecule has 2 heterocycles. The lowest BCUT2D eigenvalue weighted by Gasteiger charge is -2.36. The number of fused-ring (bicyclic) bond motifs is 1. The minimum absolute atomic E-state index is 0.0110. The van der Waals surface area contributed by atoms with Crippen molar-refractivity contribution in [3.8, 4) is 5.75 Å². The first kappa shape index (κ1) is 19.4. The maximum Gasteiger partial charge on any atom is 0.227 e. The van der Waals surface area contributed by atoms with Crippen LogP contribution in [0.15, 0.2) is 30.5 Å².